The van der Waals surface area contributed by atoms with Gasteiger partial charge in [0.25, 0.3) is 0 Å². The average molecular weight is 267 g/mol. The number of rotatable bonds is 3. The normalized spacial score (nSPS) is 14.9. The quantitative estimate of drug-likeness (QED) is 0.911. The molecule has 1 aliphatic rings. The highest BCUT2D eigenvalue weighted by atomic mass is 15.0. The van der Waals surface area contributed by atoms with Crippen molar-refractivity contribution in [3.8, 4) is 11.3 Å². The van der Waals surface area contributed by atoms with Crippen molar-refractivity contribution in [2.24, 2.45) is 0 Å². The molecule has 0 radical (unpaired) electrons. The Morgan fingerprint density at radius 2 is 1.75 bits per heavy atom. The molecule has 0 atom stereocenters. The Balaban J connectivity index is 1.97. The standard InChI is InChI=1S/C17H21N3/c1-11-16(19-12(2)20-17(11)18-3)15-9-7-14(8-10-15)13-5-4-6-13/h7-10,13H,4-6H2,1-3H3,(H,18,19,20). The molecule has 0 saturated heterocycles. The minimum Gasteiger partial charge on any atom is -0.373 e. The van der Waals surface area contributed by atoms with E-state index >= 15 is 0 Å². The summed E-state index contributed by atoms with van der Waals surface area (Å²) >= 11 is 0. The van der Waals surface area contributed by atoms with E-state index < -0.39 is 0 Å². The lowest BCUT2D eigenvalue weighted by molar-refractivity contribution is 0.420. The van der Waals surface area contributed by atoms with Crippen molar-refractivity contribution in [1.29, 1.82) is 0 Å². The summed E-state index contributed by atoms with van der Waals surface area (Å²) in [7, 11) is 1.90. The first-order valence-corrected chi connectivity index (χ1v) is 7.32. The SMILES string of the molecule is CNc1nc(C)nc(-c2ccc(C3CCC3)cc2)c1C. The van der Waals surface area contributed by atoms with Crippen LogP contribution in [0.25, 0.3) is 11.3 Å². The fourth-order valence-electron chi connectivity index (χ4n) is 2.81. The summed E-state index contributed by atoms with van der Waals surface area (Å²) in [4.78, 5) is 9.03. The van der Waals surface area contributed by atoms with Gasteiger partial charge in [-0.25, -0.2) is 9.97 Å². The number of benzene rings is 1. The molecule has 1 aliphatic carbocycles. The van der Waals surface area contributed by atoms with E-state index in [9.17, 15) is 0 Å². The lowest BCUT2D eigenvalue weighted by Gasteiger charge is -2.25. The van der Waals surface area contributed by atoms with Gasteiger partial charge in [-0.1, -0.05) is 30.7 Å². The topological polar surface area (TPSA) is 37.8 Å². The van der Waals surface area contributed by atoms with Crippen LogP contribution in [0, 0.1) is 13.8 Å². The van der Waals surface area contributed by atoms with Crippen LogP contribution in [0.4, 0.5) is 5.82 Å². The fourth-order valence-corrected chi connectivity index (χ4v) is 2.81. The third-order valence-corrected chi connectivity index (χ3v) is 4.26. The Bertz CT molecular complexity index is 613. The molecule has 2 aromatic rings. The summed E-state index contributed by atoms with van der Waals surface area (Å²) in [5.74, 6) is 2.50. The lowest BCUT2D eigenvalue weighted by Crippen LogP contribution is -2.08. The molecule has 1 N–H and O–H groups in total. The van der Waals surface area contributed by atoms with Crippen LogP contribution in [-0.2, 0) is 0 Å². The lowest BCUT2D eigenvalue weighted by atomic mass is 9.80. The van der Waals surface area contributed by atoms with Gasteiger partial charge in [-0.05, 0) is 38.2 Å². The Morgan fingerprint density at radius 3 is 2.30 bits per heavy atom. The number of nitrogens with zero attached hydrogens (tertiary/aromatic N) is 2. The van der Waals surface area contributed by atoms with Crippen molar-refractivity contribution >= 4 is 5.82 Å². The summed E-state index contributed by atoms with van der Waals surface area (Å²) in [5, 5.41) is 3.14. The zero-order valence-electron chi connectivity index (χ0n) is 12.4. The van der Waals surface area contributed by atoms with Crippen LogP contribution in [0.1, 0.15) is 42.1 Å². The minimum atomic E-state index is 0.783. The molecular weight excluding hydrogens is 246 g/mol. The van der Waals surface area contributed by atoms with Crippen LogP contribution < -0.4 is 5.32 Å². The van der Waals surface area contributed by atoms with E-state index in [0.29, 0.717) is 0 Å². The van der Waals surface area contributed by atoms with E-state index in [-0.39, 0.29) is 0 Å². The Labute approximate surface area is 120 Å². The van der Waals surface area contributed by atoms with Crippen LogP contribution in [0.3, 0.4) is 0 Å². The summed E-state index contributed by atoms with van der Waals surface area (Å²) in [6, 6.07) is 8.91. The molecule has 1 fully saturated rings. The number of hydrogen-bond acceptors (Lipinski definition) is 3. The van der Waals surface area contributed by atoms with Crippen molar-refractivity contribution in [2.45, 2.75) is 39.0 Å². The van der Waals surface area contributed by atoms with E-state index in [1.807, 2.05) is 14.0 Å². The third-order valence-electron chi connectivity index (χ3n) is 4.26. The summed E-state index contributed by atoms with van der Waals surface area (Å²) in [5.41, 5.74) is 4.78. The first-order valence-electron chi connectivity index (χ1n) is 7.32. The summed E-state index contributed by atoms with van der Waals surface area (Å²) < 4.78 is 0. The Morgan fingerprint density at radius 1 is 1.05 bits per heavy atom. The van der Waals surface area contributed by atoms with Gasteiger partial charge >= 0.3 is 0 Å². The van der Waals surface area contributed by atoms with E-state index in [2.05, 4.69) is 46.5 Å². The average Bonchev–Trinajstić information content (AvgIpc) is 2.40. The number of hydrogen-bond donors (Lipinski definition) is 1. The van der Waals surface area contributed by atoms with Crippen molar-refractivity contribution in [1.82, 2.24) is 9.97 Å². The second-order valence-electron chi connectivity index (χ2n) is 5.59. The molecule has 3 nitrogen and oxygen atoms in total. The molecule has 0 unspecified atom stereocenters. The van der Waals surface area contributed by atoms with E-state index in [4.69, 9.17) is 0 Å². The van der Waals surface area contributed by atoms with Gasteiger partial charge < -0.3 is 5.32 Å². The second-order valence-corrected chi connectivity index (χ2v) is 5.59. The van der Waals surface area contributed by atoms with Gasteiger partial charge in [0.15, 0.2) is 0 Å². The number of aromatic nitrogens is 2. The highest BCUT2D eigenvalue weighted by Gasteiger charge is 2.19. The maximum absolute atomic E-state index is 4.61. The molecule has 1 heterocycles. The summed E-state index contributed by atoms with van der Waals surface area (Å²) in [6.45, 7) is 4.01. The monoisotopic (exact) mass is 267 g/mol. The Hall–Kier alpha value is -1.90. The number of nitrogens with one attached hydrogen (secondary N) is 1. The summed E-state index contributed by atoms with van der Waals surface area (Å²) in [6.07, 6.45) is 4.06. The van der Waals surface area contributed by atoms with E-state index in [1.54, 1.807) is 0 Å². The number of anilines is 1. The number of aryl methyl sites for hydroxylation is 1. The molecule has 1 aromatic carbocycles. The van der Waals surface area contributed by atoms with Crippen LogP contribution in [0.2, 0.25) is 0 Å². The zero-order valence-corrected chi connectivity index (χ0v) is 12.4. The third kappa shape index (κ3) is 2.28. The van der Waals surface area contributed by atoms with Gasteiger partial charge in [0.05, 0.1) is 5.69 Å². The van der Waals surface area contributed by atoms with Gasteiger partial charge in [0.2, 0.25) is 0 Å². The van der Waals surface area contributed by atoms with Crippen LogP contribution in [0.15, 0.2) is 24.3 Å². The van der Waals surface area contributed by atoms with Gasteiger partial charge in [0.1, 0.15) is 11.6 Å². The minimum absolute atomic E-state index is 0.783. The highest BCUT2D eigenvalue weighted by molar-refractivity contribution is 5.68. The van der Waals surface area contributed by atoms with Crippen molar-refractivity contribution in [2.75, 3.05) is 12.4 Å². The first-order chi connectivity index (χ1) is 9.69. The van der Waals surface area contributed by atoms with Gasteiger partial charge in [-0.15, -0.1) is 0 Å². The van der Waals surface area contributed by atoms with Gasteiger partial charge in [0, 0.05) is 18.2 Å². The van der Waals surface area contributed by atoms with Crippen LogP contribution in [0.5, 0.6) is 0 Å². The predicted octanol–water partition coefficient (Wildman–Crippen LogP) is 4.07. The van der Waals surface area contributed by atoms with Crippen molar-refractivity contribution < 1.29 is 0 Å². The molecular formula is C17H21N3. The first kappa shape index (κ1) is 13.1. The molecule has 1 saturated carbocycles. The molecule has 20 heavy (non-hydrogen) atoms. The second kappa shape index (κ2) is 5.23. The predicted molar refractivity (Wildman–Crippen MR) is 83.1 cm³/mol. The Kier molecular flexibility index (Phi) is 3.43. The fraction of sp³-hybridized carbons (Fsp3) is 0.412. The van der Waals surface area contributed by atoms with Crippen molar-refractivity contribution in [3.63, 3.8) is 0 Å². The molecule has 0 amide bonds. The molecule has 1 aromatic heterocycles. The molecule has 0 bridgehead atoms. The van der Waals surface area contributed by atoms with Crippen molar-refractivity contribution in [3.05, 3.63) is 41.2 Å². The molecule has 3 rings (SSSR count). The molecule has 3 heteroatoms. The van der Waals surface area contributed by atoms with E-state index in [1.165, 1.54) is 30.4 Å². The van der Waals surface area contributed by atoms with Crippen LogP contribution >= 0.6 is 0 Å². The smallest absolute Gasteiger partial charge is 0.132 e. The van der Waals surface area contributed by atoms with Gasteiger partial charge in [-0.2, -0.15) is 0 Å². The molecule has 0 spiro atoms. The zero-order chi connectivity index (χ0) is 14.1. The maximum atomic E-state index is 4.61. The van der Waals surface area contributed by atoms with E-state index in [0.717, 1.165) is 28.8 Å². The van der Waals surface area contributed by atoms with Crippen LogP contribution in [-0.4, -0.2) is 17.0 Å². The highest BCUT2D eigenvalue weighted by Crippen LogP contribution is 2.37. The van der Waals surface area contributed by atoms with Gasteiger partial charge in [-0.3, -0.25) is 0 Å². The molecule has 104 valence electrons. The maximum Gasteiger partial charge on any atom is 0.132 e. The molecule has 0 aliphatic heterocycles. The largest absolute Gasteiger partial charge is 0.373 e.